The van der Waals surface area contributed by atoms with Crippen molar-refractivity contribution in [3.8, 4) is 0 Å². The summed E-state index contributed by atoms with van der Waals surface area (Å²) in [6.45, 7) is 2.68. The van der Waals surface area contributed by atoms with Gasteiger partial charge in [-0.1, -0.05) is 6.07 Å². The molecule has 0 atom stereocenters. The first-order chi connectivity index (χ1) is 6.69. The number of hydrogen-bond acceptors (Lipinski definition) is 2. The highest BCUT2D eigenvalue weighted by Gasteiger charge is 2.06. The van der Waals surface area contributed by atoms with Crippen molar-refractivity contribution >= 4 is 0 Å². The number of hydrogen-bond donors (Lipinski definition) is 0. The summed E-state index contributed by atoms with van der Waals surface area (Å²) in [6, 6.07) is 3.31. The zero-order chi connectivity index (χ0) is 10.6. The SMILES string of the molecule is COCc1cc(F)c(COC)cc1C. The van der Waals surface area contributed by atoms with Gasteiger partial charge in [0.1, 0.15) is 5.82 Å². The Labute approximate surface area is 83.6 Å². The van der Waals surface area contributed by atoms with Crippen molar-refractivity contribution < 1.29 is 13.9 Å². The lowest BCUT2D eigenvalue weighted by Gasteiger charge is -2.08. The van der Waals surface area contributed by atoms with Crippen LogP contribution in [0.15, 0.2) is 12.1 Å². The maximum Gasteiger partial charge on any atom is 0.129 e. The van der Waals surface area contributed by atoms with Crippen LogP contribution >= 0.6 is 0 Å². The molecule has 2 nitrogen and oxygen atoms in total. The third-order valence-corrected chi connectivity index (χ3v) is 2.10. The molecule has 0 unspecified atom stereocenters. The van der Waals surface area contributed by atoms with Gasteiger partial charge in [0.25, 0.3) is 0 Å². The number of ether oxygens (including phenoxy) is 2. The lowest BCUT2D eigenvalue weighted by atomic mass is 10.1. The van der Waals surface area contributed by atoms with E-state index in [2.05, 4.69) is 0 Å². The number of methoxy groups -OCH3 is 2. The van der Waals surface area contributed by atoms with E-state index in [1.54, 1.807) is 20.3 Å². The largest absolute Gasteiger partial charge is 0.380 e. The first-order valence-electron chi connectivity index (χ1n) is 4.44. The molecule has 14 heavy (non-hydrogen) atoms. The summed E-state index contributed by atoms with van der Waals surface area (Å²) in [6.07, 6.45) is 0. The van der Waals surface area contributed by atoms with Crippen LogP contribution in [0.3, 0.4) is 0 Å². The standard InChI is InChI=1S/C11H15FO2/c1-8-4-10(7-14-3)11(12)5-9(8)6-13-2/h4-5H,6-7H2,1-3H3. The van der Waals surface area contributed by atoms with E-state index in [0.717, 1.165) is 11.1 Å². The van der Waals surface area contributed by atoms with E-state index in [0.29, 0.717) is 18.8 Å². The highest BCUT2D eigenvalue weighted by Crippen LogP contribution is 2.16. The molecule has 78 valence electrons. The topological polar surface area (TPSA) is 18.5 Å². The van der Waals surface area contributed by atoms with Crippen LogP contribution < -0.4 is 0 Å². The predicted octanol–water partition coefficient (Wildman–Crippen LogP) is 2.43. The van der Waals surface area contributed by atoms with Gasteiger partial charge in [-0.05, 0) is 24.1 Å². The van der Waals surface area contributed by atoms with Crippen molar-refractivity contribution in [3.63, 3.8) is 0 Å². The van der Waals surface area contributed by atoms with Gasteiger partial charge in [-0.15, -0.1) is 0 Å². The van der Waals surface area contributed by atoms with Crippen molar-refractivity contribution in [3.05, 3.63) is 34.6 Å². The predicted molar refractivity (Wildman–Crippen MR) is 52.6 cm³/mol. The van der Waals surface area contributed by atoms with E-state index in [4.69, 9.17) is 9.47 Å². The van der Waals surface area contributed by atoms with Crippen LogP contribution in [0.25, 0.3) is 0 Å². The Kier molecular flexibility index (Phi) is 4.04. The molecule has 0 aromatic heterocycles. The van der Waals surface area contributed by atoms with Gasteiger partial charge in [-0.25, -0.2) is 4.39 Å². The first-order valence-corrected chi connectivity index (χ1v) is 4.44. The van der Waals surface area contributed by atoms with Gasteiger partial charge in [0, 0.05) is 19.8 Å². The molecule has 0 aliphatic rings. The second kappa shape index (κ2) is 5.08. The smallest absolute Gasteiger partial charge is 0.129 e. The molecule has 0 amide bonds. The molecule has 0 aliphatic heterocycles. The second-order valence-electron chi connectivity index (χ2n) is 3.24. The molecule has 0 saturated heterocycles. The van der Waals surface area contributed by atoms with Crippen LogP contribution in [-0.2, 0) is 22.7 Å². The number of halogens is 1. The third-order valence-electron chi connectivity index (χ3n) is 2.10. The number of aryl methyl sites for hydroxylation is 1. The molecule has 1 aromatic rings. The highest BCUT2D eigenvalue weighted by atomic mass is 19.1. The Morgan fingerprint density at radius 3 is 2.21 bits per heavy atom. The van der Waals surface area contributed by atoms with E-state index in [9.17, 15) is 4.39 Å². The molecule has 0 fully saturated rings. The van der Waals surface area contributed by atoms with Crippen LogP contribution in [0.4, 0.5) is 4.39 Å². The number of benzene rings is 1. The summed E-state index contributed by atoms with van der Waals surface area (Å²) in [4.78, 5) is 0. The zero-order valence-corrected chi connectivity index (χ0v) is 8.76. The van der Waals surface area contributed by atoms with Crippen molar-refractivity contribution in [1.82, 2.24) is 0 Å². The monoisotopic (exact) mass is 198 g/mol. The lowest BCUT2D eigenvalue weighted by Crippen LogP contribution is -1.99. The Morgan fingerprint density at radius 1 is 1.07 bits per heavy atom. The molecular weight excluding hydrogens is 183 g/mol. The Morgan fingerprint density at radius 2 is 1.64 bits per heavy atom. The fraction of sp³-hybridized carbons (Fsp3) is 0.455. The van der Waals surface area contributed by atoms with Gasteiger partial charge in [0.2, 0.25) is 0 Å². The van der Waals surface area contributed by atoms with Gasteiger partial charge >= 0.3 is 0 Å². The van der Waals surface area contributed by atoms with Gasteiger partial charge < -0.3 is 9.47 Å². The van der Waals surface area contributed by atoms with Gasteiger partial charge in [-0.3, -0.25) is 0 Å². The molecule has 0 N–H and O–H groups in total. The molecule has 1 aromatic carbocycles. The molecule has 1 rings (SSSR count). The molecule has 3 heteroatoms. The fourth-order valence-electron chi connectivity index (χ4n) is 1.36. The maximum atomic E-state index is 13.4. The summed E-state index contributed by atoms with van der Waals surface area (Å²) in [5.41, 5.74) is 2.50. The second-order valence-corrected chi connectivity index (χ2v) is 3.24. The maximum absolute atomic E-state index is 13.4. The zero-order valence-electron chi connectivity index (χ0n) is 8.76. The fourth-order valence-corrected chi connectivity index (χ4v) is 1.36. The van der Waals surface area contributed by atoms with E-state index in [1.807, 2.05) is 6.92 Å². The van der Waals surface area contributed by atoms with Crippen molar-refractivity contribution in [2.75, 3.05) is 14.2 Å². The molecule has 0 spiro atoms. The van der Waals surface area contributed by atoms with E-state index >= 15 is 0 Å². The quantitative estimate of drug-likeness (QED) is 0.739. The summed E-state index contributed by atoms with van der Waals surface area (Å²) in [5.74, 6) is -0.232. The minimum Gasteiger partial charge on any atom is -0.380 e. The molecular formula is C11H15FO2. The molecule has 0 bridgehead atoms. The Bertz CT molecular complexity index is 279. The van der Waals surface area contributed by atoms with Crippen molar-refractivity contribution in [1.29, 1.82) is 0 Å². The molecule has 0 radical (unpaired) electrons. The molecule has 0 saturated carbocycles. The van der Waals surface area contributed by atoms with Crippen LogP contribution in [0, 0.1) is 12.7 Å². The normalized spacial score (nSPS) is 10.6. The average Bonchev–Trinajstić information content (AvgIpc) is 2.14. The minimum atomic E-state index is -0.232. The molecule has 0 aliphatic carbocycles. The summed E-state index contributed by atoms with van der Waals surface area (Å²) >= 11 is 0. The van der Waals surface area contributed by atoms with Crippen LogP contribution in [0.5, 0.6) is 0 Å². The van der Waals surface area contributed by atoms with E-state index < -0.39 is 0 Å². The average molecular weight is 198 g/mol. The number of rotatable bonds is 4. The van der Waals surface area contributed by atoms with Crippen LogP contribution in [-0.4, -0.2) is 14.2 Å². The Balaban J connectivity index is 2.97. The summed E-state index contributed by atoms with van der Waals surface area (Å²) in [5, 5.41) is 0. The molecule has 0 heterocycles. The minimum absolute atomic E-state index is 0.232. The van der Waals surface area contributed by atoms with Gasteiger partial charge in [0.05, 0.1) is 13.2 Å². The Hall–Kier alpha value is -0.930. The van der Waals surface area contributed by atoms with Crippen LogP contribution in [0.2, 0.25) is 0 Å². The third kappa shape index (κ3) is 2.53. The highest BCUT2D eigenvalue weighted by molar-refractivity contribution is 5.31. The van der Waals surface area contributed by atoms with Crippen molar-refractivity contribution in [2.45, 2.75) is 20.1 Å². The van der Waals surface area contributed by atoms with Gasteiger partial charge in [-0.2, -0.15) is 0 Å². The first kappa shape index (κ1) is 11.1. The summed E-state index contributed by atoms with van der Waals surface area (Å²) < 4.78 is 23.3. The van der Waals surface area contributed by atoms with Crippen molar-refractivity contribution in [2.24, 2.45) is 0 Å². The lowest BCUT2D eigenvalue weighted by molar-refractivity contribution is 0.178. The van der Waals surface area contributed by atoms with E-state index in [-0.39, 0.29) is 5.82 Å². The van der Waals surface area contributed by atoms with E-state index in [1.165, 1.54) is 6.07 Å². The van der Waals surface area contributed by atoms with Crippen LogP contribution in [0.1, 0.15) is 16.7 Å². The van der Waals surface area contributed by atoms with Gasteiger partial charge in [0.15, 0.2) is 0 Å². The summed E-state index contributed by atoms with van der Waals surface area (Å²) in [7, 11) is 3.15.